The molecule has 1 aromatic rings. The summed E-state index contributed by atoms with van der Waals surface area (Å²) in [7, 11) is -2.92. The minimum Gasteiger partial charge on any atom is -0.368 e. The predicted octanol–water partition coefficient (Wildman–Crippen LogP) is 2.02. The van der Waals surface area contributed by atoms with Crippen molar-refractivity contribution in [2.45, 2.75) is 25.8 Å². The number of hydrogen-bond acceptors (Lipinski definition) is 4. The predicted molar refractivity (Wildman–Crippen MR) is 108 cm³/mol. The minimum atomic E-state index is -2.92. The van der Waals surface area contributed by atoms with Crippen molar-refractivity contribution in [3.63, 3.8) is 0 Å². The van der Waals surface area contributed by atoms with Crippen molar-refractivity contribution in [1.82, 2.24) is 10.6 Å². The fourth-order valence-corrected chi connectivity index (χ4v) is 4.03. The van der Waals surface area contributed by atoms with Crippen LogP contribution in [0.3, 0.4) is 0 Å². The number of aliphatic imine (C=N–C) groups is 1. The Kier molecular flexibility index (Phi) is 7.56. The van der Waals surface area contributed by atoms with Gasteiger partial charge in [-0.3, -0.25) is 4.99 Å². The van der Waals surface area contributed by atoms with Crippen LogP contribution in [0, 0.1) is 0 Å². The zero-order chi connectivity index (χ0) is 18.3. The van der Waals surface area contributed by atoms with Crippen LogP contribution in [0.4, 0.5) is 5.69 Å². The third-order valence-electron chi connectivity index (χ3n) is 4.01. The van der Waals surface area contributed by atoms with E-state index in [9.17, 15) is 8.42 Å². The van der Waals surface area contributed by atoms with Gasteiger partial charge in [0.2, 0.25) is 0 Å². The molecule has 1 heterocycles. The van der Waals surface area contributed by atoms with Gasteiger partial charge in [-0.2, -0.15) is 0 Å². The molecule has 2 N–H and O–H groups in total. The molecule has 1 atom stereocenters. The van der Waals surface area contributed by atoms with Crippen molar-refractivity contribution < 1.29 is 8.42 Å². The summed E-state index contributed by atoms with van der Waals surface area (Å²) in [6.45, 7) is 5.21. The van der Waals surface area contributed by atoms with Gasteiger partial charge >= 0.3 is 0 Å². The number of halogens is 1. The monoisotopic (exact) mass is 430 g/mol. The van der Waals surface area contributed by atoms with Gasteiger partial charge in [0.05, 0.1) is 11.4 Å². The van der Waals surface area contributed by atoms with Crippen LogP contribution >= 0.6 is 15.9 Å². The molecule has 6 nitrogen and oxygen atoms in total. The molecule has 140 valence electrons. The first kappa shape index (κ1) is 20.0. The highest BCUT2D eigenvalue weighted by atomic mass is 79.9. The summed E-state index contributed by atoms with van der Waals surface area (Å²) in [6.07, 6.45) is 2.84. The molecular formula is C17H27BrN4O2S. The lowest BCUT2D eigenvalue weighted by Gasteiger charge is -2.21. The largest absolute Gasteiger partial charge is 0.368 e. The second kappa shape index (κ2) is 9.43. The Morgan fingerprint density at radius 1 is 1.40 bits per heavy atom. The van der Waals surface area contributed by atoms with E-state index in [2.05, 4.69) is 48.6 Å². The van der Waals surface area contributed by atoms with Gasteiger partial charge in [0.15, 0.2) is 5.96 Å². The summed E-state index contributed by atoms with van der Waals surface area (Å²) in [5, 5.41) is 6.70. The molecule has 0 spiro atoms. The van der Waals surface area contributed by atoms with Gasteiger partial charge in [0.1, 0.15) is 9.84 Å². The molecule has 0 aliphatic carbocycles. The zero-order valence-electron chi connectivity index (χ0n) is 14.8. The van der Waals surface area contributed by atoms with Crippen LogP contribution in [-0.2, 0) is 9.84 Å². The van der Waals surface area contributed by atoms with E-state index < -0.39 is 9.84 Å². The third-order valence-corrected chi connectivity index (χ3v) is 5.71. The number of guanidine groups is 1. The maximum absolute atomic E-state index is 11.2. The van der Waals surface area contributed by atoms with E-state index in [1.165, 1.54) is 11.9 Å². The van der Waals surface area contributed by atoms with E-state index in [-0.39, 0.29) is 5.75 Å². The van der Waals surface area contributed by atoms with Crippen LogP contribution in [-0.4, -0.2) is 58.6 Å². The average molecular weight is 431 g/mol. The number of anilines is 1. The number of nitrogens with one attached hydrogen (secondary N) is 2. The average Bonchev–Trinajstić information content (AvgIpc) is 2.99. The van der Waals surface area contributed by atoms with E-state index in [0.29, 0.717) is 19.0 Å². The fraction of sp³-hybridized carbons (Fsp3) is 0.588. The van der Waals surface area contributed by atoms with Crippen LogP contribution < -0.4 is 15.5 Å². The van der Waals surface area contributed by atoms with E-state index in [4.69, 9.17) is 0 Å². The zero-order valence-corrected chi connectivity index (χ0v) is 17.2. The smallest absolute Gasteiger partial charge is 0.191 e. The molecule has 0 aromatic heterocycles. The standard InChI is InChI=1S/C17H27BrN4O2S/c1-3-19-17(20-10-6-12-25(2,23)24)21-14-9-11-22(13-14)16-8-5-4-7-15(16)18/h4-5,7-8,14H,3,6,9-13H2,1-2H3,(H2,19,20,21). The SMILES string of the molecule is CCNC(=NCCCS(C)(=O)=O)NC1CCN(c2ccccc2Br)C1. The molecule has 25 heavy (non-hydrogen) atoms. The lowest BCUT2D eigenvalue weighted by atomic mass is 10.3. The molecule has 0 radical (unpaired) electrons. The molecule has 1 aliphatic rings. The molecule has 1 fully saturated rings. The number of benzene rings is 1. The Labute approximate surface area is 159 Å². The summed E-state index contributed by atoms with van der Waals surface area (Å²) >= 11 is 3.61. The number of sulfone groups is 1. The molecule has 8 heteroatoms. The van der Waals surface area contributed by atoms with Gasteiger partial charge < -0.3 is 15.5 Å². The van der Waals surface area contributed by atoms with Crippen molar-refractivity contribution in [2.24, 2.45) is 4.99 Å². The number of hydrogen-bond donors (Lipinski definition) is 2. The number of rotatable bonds is 7. The van der Waals surface area contributed by atoms with Gasteiger partial charge in [-0.05, 0) is 47.8 Å². The lowest BCUT2D eigenvalue weighted by Crippen LogP contribution is -2.44. The maximum atomic E-state index is 11.2. The molecule has 0 saturated carbocycles. The van der Waals surface area contributed by atoms with Gasteiger partial charge in [0.25, 0.3) is 0 Å². The maximum Gasteiger partial charge on any atom is 0.191 e. The lowest BCUT2D eigenvalue weighted by molar-refractivity contribution is 0.599. The normalized spacial score (nSPS) is 18.4. The van der Waals surface area contributed by atoms with E-state index in [1.807, 2.05) is 19.1 Å². The highest BCUT2D eigenvalue weighted by Gasteiger charge is 2.24. The van der Waals surface area contributed by atoms with Gasteiger partial charge in [-0.1, -0.05) is 12.1 Å². The first-order valence-electron chi connectivity index (χ1n) is 8.61. The van der Waals surface area contributed by atoms with Crippen molar-refractivity contribution in [2.75, 3.05) is 43.1 Å². The Balaban J connectivity index is 1.89. The summed E-state index contributed by atoms with van der Waals surface area (Å²) in [4.78, 5) is 6.85. The molecule has 0 amide bonds. The van der Waals surface area contributed by atoms with Crippen LogP contribution in [0.25, 0.3) is 0 Å². The van der Waals surface area contributed by atoms with Crippen LogP contribution in [0.2, 0.25) is 0 Å². The van der Waals surface area contributed by atoms with Crippen molar-refractivity contribution in [3.8, 4) is 0 Å². The minimum absolute atomic E-state index is 0.176. The Morgan fingerprint density at radius 3 is 2.84 bits per heavy atom. The quantitative estimate of drug-likeness (QED) is 0.393. The van der Waals surface area contributed by atoms with Gasteiger partial charge in [-0.25, -0.2) is 8.42 Å². The molecular weight excluding hydrogens is 404 g/mol. The molecule has 1 unspecified atom stereocenters. The van der Waals surface area contributed by atoms with Crippen LogP contribution in [0.1, 0.15) is 19.8 Å². The first-order chi connectivity index (χ1) is 11.9. The molecule has 1 saturated heterocycles. The highest BCUT2D eigenvalue weighted by molar-refractivity contribution is 9.10. The van der Waals surface area contributed by atoms with Crippen LogP contribution in [0.5, 0.6) is 0 Å². The highest BCUT2D eigenvalue weighted by Crippen LogP contribution is 2.28. The van der Waals surface area contributed by atoms with Crippen LogP contribution in [0.15, 0.2) is 33.7 Å². The van der Waals surface area contributed by atoms with E-state index in [0.717, 1.165) is 36.5 Å². The van der Waals surface area contributed by atoms with Crippen molar-refractivity contribution >= 4 is 37.4 Å². The Morgan fingerprint density at radius 2 is 2.16 bits per heavy atom. The fourth-order valence-electron chi connectivity index (χ4n) is 2.84. The van der Waals surface area contributed by atoms with Crippen molar-refractivity contribution in [3.05, 3.63) is 28.7 Å². The number of nitrogens with zero attached hydrogens (tertiary/aromatic N) is 2. The molecule has 1 aliphatic heterocycles. The number of para-hydroxylation sites is 1. The Bertz CT molecular complexity index is 694. The van der Waals surface area contributed by atoms with E-state index >= 15 is 0 Å². The Hall–Kier alpha value is -1.28. The molecule has 2 rings (SSSR count). The van der Waals surface area contributed by atoms with Gasteiger partial charge in [-0.15, -0.1) is 0 Å². The topological polar surface area (TPSA) is 73.8 Å². The molecule has 0 bridgehead atoms. The van der Waals surface area contributed by atoms with E-state index in [1.54, 1.807) is 0 Å². The summed E-state index contributed by atoms with van der Waals surface area (Å²) in [5.41, 5.74) is 1.21. The second-order valence-corrected chi connectivity index (χ2v) is 9.39. The first-order valence-corrected chi connectivity index (χ1v) is 11.5. The molecule has 1 aromatic carbocycles. The summed E-state index contributed by atoms with van der Waals surface area (Å²) in [6, 6.07) is 8.57. The summed E-state index contributed by atoms with van der Waals surface area (Å²) < 4.78 is 23.5. The van der Waals surface area contributed by atoms with Gasteiger partial charge in [0, 0.05) is 42.9 Å². The summed E-state index contributed by atoms with van der Waals surface area (Å²) in [5.74, 6) is 0.935. The van der Waals surface area contributed by atoms with Crippen molar-refractivity contribution in [1.29, 1.82) is 0 Å². The third kappa shape index (κ3) is 6.86. The second-order valence-electron chi connectivity index (χ2n) is 6.27.